The maximum Gasteiger partial charge on any atom is 0.223 e. The number of carbonyl (C=O) groups is 1. The molecule has 14 heavy (non-hydrogen) atoms. The molecule has 0 aliphatic heterocycles. The van der Waals surface area contributed by atoms with Crippen LogP contribution in [0.2, 0.25) is 0 Å². The Morgan fingerprint density at radius 3 is 2.36 bits per heavy atom. The van der Waals surface area contributed by atoms with Gasteiger partial charge in [0.1, 0.15) is 0 Å². The molecular formula is C12H21NO. The highest BCUT2D eigenvalue weighted by atomic mass is 16.2. The minimum atomic E-state index is 0.316. The van der Waals surface area contributed by atoms with Gasteiger partial charge >= 0.3 is 0 Å². The zero-order valence-corrected chi connectivity index (χ0v) is 9.25. The molecule has 0 aromatic rings. The highest BCUT2D eigenvalue weighted by molar-refractivity contribution is 5.81. The van der Waals surface area contributed by atoms with Crippen molar-refractivity contribution in [1.29, 1.82) is 0 Å². The van der Waals surface area contributed by atoms with Gasteiger partial charge in [0.2, 0.25) is 5.91 Å². The van der Waals surface area contributed by atoms with Crippen molar-refractivity contribution in [2.75, 3.05) is 0 Å². The zero-order valence-electron chi connectivity index (χ0n) is 9.25. The van der Waals surface area contributed by atoms with Gasteiger partial charge in [-0.3, -0.25) is 4.79 Å². The van der Waals surface area contributed by atoms with Crippen LogP contribution in [0.5, 0.6) is 0 Å². The van der Waals surface area contributed by atoms with Crippen molar-refractivity contribution < 1.29 is 4.79 Å². The summed E-state index contributed by atoms with van der Waals surface area (Å²) in [5.74, 6) is 1.97. The molecule has 0 unspecified atom stereocenters. The largest absolute Gasteiger partial charge is 0.353 e. The lowest BCUT2D eigenvalue weighted by Gasteiger charge is -2.29. The lowest BCUT2D eigenvalue weighted by atomic mass is 9.86. The molecule has 1 amide bonds. The summed E-state index contributed by atoms with van der Waals surface area (Å²) in [6.07, 6.45) is 6.20. The fraction of sp³-hybridized carbons (Fsp3) is 0.917. The number of rotatable bonds is 2. The van der Waals surface area contributed by atoms with E-state index in [0.717, 1.165) is 6.42 Å². The van der Waals surface area contributed by atoms with E-state index in [2.05, 4.69) is 19.2 Å². The Bertz CT molecular complexity index is 226. The average molecular weight is 195 g/mol. The predicted molar refractivity (Wildman–Crippen MR) is 56.8 cm³/mol. The van der Waals surface area contributed by atoms with Crippen LogP contribution < -0.4 is 5.32 Å². The van der Waals surface area contributed by atoms with Crippen molar-refractivity contribution in [2.24, 2.45) is 17.8 Å². The van der Waals surface area contributed by atoms with Crippen molar-refractivity contribution in [3.8, 4) is 0 Å². The van der Waals surface area contributed by atoms with Gasteiger partial charge in [-0.15, -0.1) is 0 Å². The van der Waals surface area contributed by atoms with Crippen LogP contribution in [0.1, 0.15) is 46.0 Å². The van der Waals surface area contributed by atoms with Gasteiger partial charge in [-0.2, -0.15) is 0 Å². The monoisotopic (exact) mass is 195 g/mol. The first-order valence-corrected chi connectivity index (χ1v) is 5.99. The fourth-order valence-electron chi connectivity index (χ4n) is 2.51. The van der Waals surface area contributed by atoms with E-state index in [1.54, 1.807) is 0 Å². The smallest absolute Gasteiger partial charge is 0.223 e. The van der Waals surface area contributed by atoms with Crippen molar-refractivity contribution in [2.45, 2.75) is 52.0 Å². The first-order valence-electron chi connectivity index (χ1n) is 5.99. The maximum absolute atomic E-state index is 11.7. The van der Waals surface area contributed by atoms with Crippen LogP contribution in [0.4, 0.5) is 0 Å². The first-order chi connectivity index (χ1) is 6.68. The topological polar surface area (TPSA) is 29.1 Å². The Morgan fingerprint density at radius 1 is 1.14 bits per heavy atom. The van der Waals surface area contributed by atoms with Crippen LogP contribution in [-0.2, 0) is 4.79 Å². The van der Waals surface area contributed by atoms with Crippen molar-refractivity contribution in [3.05, 3.63) is 0 Å². The quantitative estimate of drug-likeness (QED) is 0.720. The molecule has 0 aromatic heterocycles. The number of nitrogens with one attached hydrogen (secondary N) is 1. The van der Waals surface area contributed by atoms with Gasteiger partial charge in [-0.25, -0.2) is 0 Å². The molecule has 2 aliphatic rings. The summed E-state index contributed by atoms with van der Waals surface area (Å²) in [4.78, 5) is 11.7. The molecule has 0 heterocycles. The second kappa shape index (κ2) is 3.92. The summed E-state index contributed by atoms with van der Waals surface area (Å²) in [5, 5.41) is 3.22. The number of hydrogen-bond donors (Lipinski definition) is 1. The molecule has 4 atom stereocenters. The van der Waals surface area contributed by atoms with Gasteiger partial charge in [0.15, 0.2) is 0 Å². The van der Waals surface area contributed by atoms with Gasteiger partial charge in [0, 0.05) is 12.0 Å². The molecule has 2 fully saturated rings. The van der Waals surface area contributed by atoms with E-state index in [9.17, 15) is 4.79 Å². The van der Waals surface area contributed by atoms with Crippen LogP contribution in [0.3, 0.4) is 0 Å². The third-order valence-corrected chi connectivity index (χ3v) is 3.89. The standard InChI is InChI=1S/C12H21NO/c1-8-5-3-4-6-11(8)13-12(14)10-7-9(10)2/h8-11H,3-7H2,1-2H3,(H,13,14)/t8-,9+,10-,11+/m0/s1. The molecule has 0 radical (unpaired) electrons. The van der Waals surface area contributed by atoms with Gasteiger partial charge in [-0.05, 0) is 31.1 Å². The Kier molecular flexibility index (Phi) is 2.80. The van der Waals surface area contributed by atoms with E-state index in [-0.39, 0.29) is 0 Å². The molecule has 0 spiro atoms. The first kappa shape index (κ1) is 10.0. The van der Waals surface area contributed by atoms with Crippen LogP contribution in [-0.4, -0.2) is 11.9 Å². The normalized spacial score (nSPS) is 41.9. The molecule has 2 rings (SSSR count). The SMILES string of the molecule is C[C@@H]1C[C@@H]1C(=O)N[C@@H]1CCCC[C@@H]1C. The van der Waals surface area contributed by atoms with Crippen LogP contribution in [0, 0.1) is 17.8 Å². The number of carbonyl (C=O) groups excluding carboxylic acids is 1. The third-order valence-electron chi connectivity index (χ3n) is 3.89. The number of hydrogen-bond acceptors (Lipinski definition) is 1. The summed E-state index contributed by atoms with van der Waals surface area (Å²) < 4.78 is 0. The van der Waals surface area contributed by atoms with E-state index in [4.69, 9.17) is 0 Å². The maximum atomic E-state index is 11.7. The number of amides is 1. The van der Waals surface area contributed by atoms with E-state index < -0.39 is 0 Å². The Morgan fingerprint density at radius 2 is 1.79 bits per heavy atom. The molecule has 0 aromatic carbocycles. The summed E-state index contributed by atoms with van der Waals surface area (Å²) in [7, 11) is 0. The molecule has 1 N–H and O–H groups in total. The molecule has 80 valence electrons. The second-order valence-electron chi connectivity index (χ2n) is 5.20. The van der Waals surface area contributed by atoms with Gasteiger partial charge in [-0.1, -0.05) is 26.7 Å². The van der Waals surface area contributed by atoms with E-state index in [1.165, 1.54) is 25.7 Å². The Hall–Kier alpha value is -0.530. The minimum Gasteiger partial charge on any atom is -0.353 e. The lowest BCUT2D eigenvalue weighted by Crippen LogP contribution is -2.41. The molecule has 0 saturated heterocycles. The molecule has 2 heteroatoms. The fourth-order valence-corrected chi connectivity index (χ4v) is 2.51. The lowest BCUT2D eigenvalue weighted by molar-refractivity contribution is -0.123. The molecule has 2 aliphatic carbocycles. The average Bonchev–Trinajstić information content (AvgIpc) is 2.87. The molecule has 0 bridgehead atoms. The van der Waals surface area contributed by atoms with Gasteiger partial charge in [0.25, 0.3) is 0 Å². The van der Waals surface area contributed by atoms with Gasteiger partial charge in [0.05, 0.1) is 0 Å². The van der Waals surface area contributed by atoms with E-state index in [0.29, 0.717) is 29.7 Å². The van der Waals surface area contributed by atoms with Crippen LogP contribution in [0.15, 0.2) is 0 Å². The van der Waals surface area contributed by atoms with E-state index >= 15 is 0 Å². The van der Waals surface area contributed by atoms with Crippen LogP contribution in [0.25, 0.3) is 0 Å². The Balaban J connectivity index is 1.80. The summed E-state index contributed by atoms with van der Waals surface area (Å²) in [6, 6.07) is 0.462. The van der Waals surface area contributed by atoms with Crippen molar-refractivity contribution in [3.63, 3.8) is 0 Å². The third kappa shape index (κ3) is 2.10. The molecule has 2 saturated carbocycles. The highest BCUT2D eigenvalue weighted by Gasteiger charge is 2.40. The predicted octanol–water partition coefficient (Wildman–Crippen LogP) is 2.34. The van der Waals surface area contributed by atoms with Gasteiger partial charge < -0.3 is 5.32 Å². The Labute approximate surface area is 86.5 Å². The van der Waals surface area contributed by atoms with Crippen molar-refractivity contribution in [1.82, 2.24) is 5.32 Å². The molecular weight excluding hydrogens is 174 g/mol. The highest BCUT2D eigenvalue weighted by Crippen LogP contribution is 2.38. The van der Waals surface area contributed by atoms with Crippen molar-refractivity contribution >= 4 is 5.91 Å². The zero-order chi connectivity index (χ0) is 10.1. The van der Waals surface area contributed by atoms with E-state index in [1.807, 2.05) is 0 Å². The molecule has 2 nitrogen and oxygen atoms in total. The van der Waals surface area contributed by atoms with Crippen LogP contribution >= 0.6 is 0 Å². The minimum absolute atomic E-state index is 0.316. The summed E-state index contributed by atoms with van der Waals surface area (Å²) >= 11 is 0. The summed E-state index contributed by atoms with van der Waals surface area (Å²) in [6.45, 7) is 4.43. The summed E-state index contributed by atoms with van der Waals surface area (Å²) in [5.41, 5.74) is 0. The second-order valence-corrected chi connectivity index (χ2v) is 5.20.